The van der Waals surface area contributed by atoms with E-state index in [2.05, 4.69) is 90.0 Å². The van der Waals surface area contributed by atoms with Crippen molar-refractivity contribution in [2.75, 3.05) is 20.6 Å². The van der Waals surface area contributed by atoms with E-state index in [4.69, 9.17) is 0 Å². The minimum absolute atomic E-state index is 0.0207. The molecule has 1 amide bonds. The van der Waals surface area contributed by atoms with Crippen molar-refractivity contribution in [2.45, 2.75) is 36.6 Å². The summed E-state index contributed by atoms with van der Waals surface area (Å²) in [5.41, 5.74) is 3.23. The molecular weight excluding hydrogens is 382 g/mol. The second kappa shape index (κ2) is 9.03. The molecule has 4 heteroatoms. The van der Waals surface area contributed by atoms with Gasteiger partial charge < -0.3 is 5.32 Å². The third-order valence-electron chi connectivity index (χ3n) is 7.10. The third kappa shape index (κ3) is 4.26. The summed E-state index contributed by atoms with van der Waals surface area (Å²) in [4.78, 5) is 19.2. The van der Waals surface area contributed by atoms with Crippen LogP contribution in [0.4, 0.5) is 0 Å². The molecule has 1 heterocycles. The molecule has 0 spiro atoms. The lowest BCUT2D eigenvalue weighted by atomic mass is 9.62. The zero-order valence-electron chi connectivity index (χ0n) is 18.4. The Bertz CT molecular complexity index is 979. The lowest BCUT2D eigenvalue weighted by molar-refractivity contribution is 0.0624. The van der Waals surface area contributed by atoms with Gasteiger partial charge in [-0.3, -0.25) is 14.7 Å². The van der Waals surface area contributed by atoms with Crippen molar-refractivity contribution in [1.29, 1.82) is 0 Å². The average molecular weight is 414 g/mol. The van der Waals surface area contributed by atoms with Crippen LogP contribution in [0.25, 0.3) is 0 Å². The summed E-state index contributed by atoms with van der Waals surface area (Å²) >= 11 is 0. The first kappa shape index (κ1) is 21.3. The van der Waals surface area contributed by atoms with Crippen LogP contribution < -0.4 is 5.32 Å². The van der Waals surface area contributed by atoms with E-state index in [0.29, 0.717) is 12.1 Å². The molecule has 160 valence electrons. The second-order valence-electron chi connectivity index (χ2n) is 8.86. The first-order valence-electron chi connectivity index (χ1n) is 11.0. The summed E-state index contributed by atoms with van der Waals surface area (Å²) in [6, 6.07) is 25.1. The van der Waals surface area contributed by atoms with Crippen LogP contribution in [0.1, 0.15) is 47.2 Å². The fourth-order valence-electron chi connectivity index (χ4n) is 5.09. The van der Waals surface area contributed by atoms with Crippen LogP contribution >= 0.6 is 0 Å². The lowest BCUT2D eigenvalue weighted by Gasteiger charge is -2.50. The molecule has 1 N–H and O–H groups in total. The van der Waals surface area contributed by atoms with Gasteiger partial charge in [-0.25, -0.2) is 0 Å². The maximum atomic E-state index is 12.8. The Morgan fingerprint density at radius 3 is 2.03 bits per heavy atom. The van der Waals surface area contributed by atoms with E-state index >= 15 is 0 Å². The predicted octanol–water partition coefficient (Wildman–Crippen LogP) is 4.78. The van der Waals surface area contributed by atoms with E-state index in [1.165, 1.54) is 11.1 Å². The van der Waals surface area contributed by atoms with Crippen LogP contribution in [0.15, 0.2) is 85.2 Å². The van der Waals surface area contributed by atoms with Crippen LogP contribution in [0.5, 0.6) is 0 Å². The van der Waals surface area contributed by atoms with E-state index < -0.39 is 0 Å². The van der Waals surface area contributed by atoms with Gasteiger partial charge in [0.2, 0.25) is 0 Å². The van der Waals surface area contributed by atoms with Crippen molar-refractivity contribution < 1.29 is 4.79 Å². The molecule has 4 rings (SSSR count). The second-order valence-corrected chi connectivity index (χ2v) is 8.86. The number of nitrogens with one attached hydrogen (secondary N) is 1. The van der Waals surface area contributed by atoms with Crippen LogP contribution in [0.3, 0.4) is 0 Å². The summed E-state index contributed by atoms with van der Waals surface area (Å²) < 4.78 is 0. The van der Waals surface area contributed by atoms with Gasteiger partial charge in [0.1, 0.15) is 0 Å². The monoisotopic (exact) mass is 413 g/mol. The molecule has 1 fully saturated rings. The predicted molar refractivity (Wildman–Crippen MR) is 125 cm³/mol. The largest absolute Gasteiger partial charge is 0.351 e. The lowest BCUT2D eigenvalue weighted by Crippen LogP contribution is -2.51. The van der Waals surface area contributed by atoms with Crippen LogP contribution in [-0.2, 0) is 11.0 Å². The molecule has 1 aliphatic carbocycles. The minimum atomic E-state index is -0.0760. The van der Waals surface area contributed by atoms with Gasteiger partial charge in [-0.2, -0.15) is 0 Å². The number of carbonyl (C=O) groups excluding carboxylic acids is 1. The Labute approximate surface area is 185 Å². The molecule has 0 atom stereocenters. The van der Waals surface area contributed by atoms with Crippen LogP contribution in [-0.4, -0.2) is 36.4 Å². The van der Waals surface area contributed by atoms with Gasteiger partial charge in [-0.1, -0.05) is 60.7 Å². The topological polar surface area (TPSA) is 45.2 Å². The fourth-order valence-corrected chi connectivity index (χ4v) is 5.09. The molecule has 3 aromatic rings. The van der Waals surface area contributed by atoms with Crippen LogP contribution in [0, 0.1) is 0 Å². The van der Waals surface area contributed by atoms with Gasteiger partial charge >= 0.3 is 0 Å². The SMILES string of the molecule is CN(C)C1(c2ccccc2)CCC(CNC(=O)c2cccnc2)(c2ccccc2)CC1. The zero-order valence-corrected chi connectivity index (χ0v) is 18.4. The van der Waals surface area contributed by atoms with Crippen LogP contribution in [0.2, 0.25) is 0 Å². The summed E-state index contributed by atoms with van der Waals surface area (Å²) in [5.74, 6) is -0.0593. The summed E-state index contributed by atoms with van der Waals surface area (Å²) in [7, 11) is 4.37. The molecule has 0 unspecified atom stereocenters. The number of pyridine rings is 1. The highest BCUT2D eigenvalue weighted by atomic mass is 16.1. The number of carbonyl (C=O) groups is 1. The highest BCUT2D eigenvalue weighted by Crippen LogP contribution is 2.49. The quantitative estimate of drug-likeness (QED) is 0.632. The number of amides is 1. The number of hydrogen-bond acceptors (Lipinski definition) is 3. The molecule has 0 aliphatic heterocycles. The Morgan fingerprint density at radius 1 is 0.871 bits per heavy atom. The van der Waals surface area contributed by atoms with Gasteiger partial charge in [0.15, 0.2) is 0 Å². The Balaban J connectivity index is 1.59. The normalized spacial score (nSPS) is 23.5. The smallest absolute Gasteiger partial charge is 0.252 e. The van der Waals surface area contributed by atoms with E-state index in [0.717, 1.165) is 25.7 Å². The Kier molecular flexibility index (Phi) is 6.19. The van der Waals surface area contributed by atoms with Gasteiger partial charge in [-0.15, -0.1) is 0 Å². The maximum Gasteiger partial charge on any atom is 0.252 e. The zero-order chi connectivity index (χ0) is 21.7. The minimum Gasteiger partial charge on any atom is -0.351 e. The highest BCUT2D eigenvalue weighted by Gasteiger charge is 2.45. The van der Waals surface area contributed by atoms with Crippen molar-refractivity contribution >= 4 is 5.91 Å². The first-order valence-corrected chi connectivity index (χ1v) is 11.0. The van der Waals surface area contributed by atoms with Gasteiger partial charge in [-0.05, 0) is 63.0 Å². The average Bonchev–Trinajstić information content (AvgIpc) is 2.84. The Hall–Kier alpha value is -2.98. The van der Waals surface area contributed by atoms with Gasteiger partial charge in [0.25, 0.3) is 5.91 Å². The Morgan fingerprint density at radius 2 is 1.48 bits per heavy atom. The molecule has 0 saturated heterocycles. The summed E-state index contributed by atoms with van der Waals surface area (Å²) in [6.07, 6.45) is 7.42. The van der Waals surface area contributed by atoms with E-state index in [-0.39, 0.29) is 16.9 Å². The van der Waals surface area contributed by atoms with E-state index in [1.807, 2.05) is 6.07 Å². The van der Waals surface area contributed by atoms with Crippen molar-refractivity contribution in [3.05, 3.63) is 102 Å². The van der Waals surface area contributed by atoms with E-state index in [9.17, 15) is 4.79 Å². The van der Waals surface area contributed by atoms with Crippen molar-refractivity contribution in [1.82, 2.24) is 15.2 Å². The molecule has 1 saturated carbocycles. The number of hydrogen-bond donors (Lipinski definition) is 1. The molecule has 4 nitrogen and oxygen atoms in total. The maximum absolute atomic E-state index is 12.8. The van der Waals surface area contributed by atoms with Crippen molar-refractivity contribution in [2.24, 2.45) is 0 Å². The molecule has 0 bridgehead atoms. The standard InChI is InChI=1S/C27H31N3O/c1-30(2)27(24-13-7-4-8-14-24)17-15-26(16-18-27,23-11-5-3-6-12-23)21-29-25(31)22-10-9-19-28-20-22/h3-14,19-20H,15-18,21H2,1-2H3,(H,29,31). The molecule has 0 radical (unpaired) electrons. The van der Waals surface area contributed by atoms with Crippen molar-refractivity contribution in [3.63, 3.8) is 0 Å². The molecular formula is C27H31N3O. The third-order valence-corrected chi connectivity index (χ3v) is 7.10. The summed E-state index contributed by atoms with van der Waals surface area (Å²) in [5, 5.41) is 3.21. The highest BCUT2D eigenvalue weighted by molar-refractivity contribution is 5.93. The van der Waals surface area contributed by atoms with Gasteiger partial charge in [0.05, 0.1) is 5.56 Å². The number of nitrogens with zero attached hydrogens (tertiary/aromatic N) is 2. The number of rotatable bonds is 6. The number of benzene rings is 2. The fraction of sp³-hybridized carbons (Fsp3) is 0.333. The van der Waals surface area contributed by atoms with Gasteiger partial charge in [0, 0.05) is 29.9 Å². The number of aromatic nitrogens is 1. The molecule has 1 aliphatic rings. The molecule has 1 aromatic heterocycles. The summed E-state index contributed by atoms with van der Waals surface area (Å²) in [6.45, 7) is 0.628. The molecule has 2 aromatic carbocycles. The van der Waals surface area contributed by atoms with Crippen molar-refractivity contribution in [3.8, 4) is 0 Å². The molecule has 31 heavy (non-hydrogen) atoms. The van der Waals surface area contributed by atoms with E-state index in [1.54, 1.807) is 18.5 Å². The first-order chi connectivity index (χ1) is 15.1.